The Balaban J connectivity index is 1.70. The molecule has 0 saturated heterocycles. The highest BCUT2D eigenvalue weighted by atomic mass is 16.5. The first kappa shape index (κ1) is 20.7. The average Bonchev–Trinajstić information content (AvgIpc) is 2.77. The Kier molecular flexibility index (Phi) is 5.76. The molecule has 0 spiro atoms. The molecule has 1 aromatic carbocycles. The van der Waals surface area contributed by atoms with Crippen molar-refractivity contribution in [1.82, 2.24) is 5.32 Å². The fraction of sp³-hybridized carbons (Fsp3) is 0.391. The maximum Gasteiger partial charge on any atom is 0.343 e. The van der Waals surface area contributed by atoms with E-state index in [0.29, 0.717) is 5.58 Å². The van der Waals surface area contributed by atoms with E-state index >= 15 is 0 Å². The summed E-state index contributed by atoms with van der Waals surface area (Å²) in [5.74, 6) is -1.36. The number of rotatable bonds is 5. The van der Waals surface area contributed by atoms with Gasteiger partial charge in [-0.25, -0.2) is 4.79 Å². The zero-order valence-electron chi connectivity index (χ0n) is 17.3. The second-order valence-electron chi connectivity index (χ2n) is 7.62. The van der Waals surface area contributed by atoms with Gasteiger partial charge in [0.15, 0.2) is 0 Å². The van der Waals surface area contributed by atoms with Crippen LogP contribution in [0.15, 0.2) is 26.9 Å². The van der Waals surface area contributed by atoms with Crippen LogP contribution in [0, 0.1) is 11.3 Å². The molecule has 0 saturated carbocycles. The smallest absolute Gasteiger partial charge is 0.343 e. The molecule has 0 fully saturated rings. The molecule has 8 heteroatoms. The predicted molar refractivity (Wildman–Crippen MR) is 115 cm³/mol. The van der Waals surface area contributed by atoms with Gasteiger partial charge < -0.3 is 19.4 Å². The number of aryl methyl sites for hydroxylation is 2. The lowest BCUT2D eigenvalue weighted by Crippen LogP contribution is -2.34. The summed E-state index contributed by atoms with van der Waals surface area (Å²) in [5.41, 5.74) is 3.31. The molecule has 0 unspecified atom stereocenters. The average molecular weight is 421 g/mol. The highest BCUT2D eigenvalue weighted by molar-refractivity contribution is 6.03. The van der Waals surface area contributed by atoms with Crippen molar-refractivity contribution in [3.8, 4) is 6.07 Å². The largest absolute Gasteiger partial charge is 0.465 e. The topological polar surface area (TPSA) is 113 Å². The van der Waals surface area contributed by atoms with Gasteiger partial charge in [0.1, 0.15) is 23.8 Å². The first-order valence-electron chi connectivity index (χ1n) is 10.4. The van der Waals surface area contributed by atoms with E-state index in [1.54, 1.807) is 19.1 Å². The van der Waals surface area contributed by atoms with Crippen LogP contribution in [0.3, 0.4) is 0 Å². The molecule has 1 aromatic heterocycles. The van der Waals surface area contributed by atoms with Gasteiger partial charge in [-0.05, 0) is 56.4 Å². The first-order chi connectivity index (χ1) is 15.0. The number of amides is 1. The summed E-state index contributed by atoms with van der Waals surface area (Å²) < 4.78 is 10.4. The van der Waals surface area contributed by atoms with Gasteiger partial charge in [0.05, 0.1) is 12.2 Å². The zero-order valence-corrected chi connectivity index (χ0v) is 17.3. The van der Waals surface area contributed by atoms with Crippen LogP contribution in [0.2, 0.25) is 0 Å². The number of benzene rings is 1. The Morgan fingerprint density at radius 3 is 2.81 bits per heavy atom. The third-order valence-corrected chi connectivity index (χ3v) is 5.61. The molecule has 31 heavy (non-hydrogen) atoms. The SMILES string of the molecule is CCOC(=O)CNC(=O)/C(C#N)=C/c1cc2cc3c4c(c2oc1=O)CCCN4CCC3. The van der Waals surface area contributed by atoms with Gasteiger partial charge in [0, 0.05) is 29.7 Å². The van der Waals surface area contributed by atoms with E-state index in [2.05, 4.69) is 10.2 Å². The van der Waals surface area contributed by atoms with Crippen molar-refractivity contribution in [2.75, 3.05) is 31.1 Å². The first-order valence-corrected chi connectivity index (χ1v) is 10.4. The number of carbonyl (C=O) groups is 2. The molecule has 0 bridgehead atoms. The number of fused-ring (bicyclic) bond motifs is 2. The van der Waals surface area contributed by atoms with Gasteiger partial charge in [0.25, 0.3) is 5.91 Å². The lowest BCUT2D eigenvalue weighted by Gasteiger charge is -2.37. The van der Waals surface area contributed by atoms with Crippen molar-refractivity contribution >= 4 is 34.6 Å². The van der Waals surface area contributed by atoms with E-state index in [-0.39, 0.29) is 24.3 Å². The van der Waals surface area contributed by atoms with E-state index in [1.807, 2.05) is 6.07 Å². The molecule has 0 aliphatic carbocycles. The minimum absolute atomic E-state index is 0.117. The van der Waals surface area contributed by atoms with Crippen LogP contribution in [-0.2, 0) is 27.2 Å². The molecule has 0 radical (unpaired) electrons. The zero-order chi connectivity index (χ0) is 22.0. The number of nitrogens with zero attached hydrogens (tertiary/aromatic N) is 2. The Morgan fingerprint density at radius 1 is 1.29 bits per heavy atom. The summed E-state index contributed by atoms with van der Waals surface area (Å²) in [7, 11) is 0. The van der Waals surface area contributed by atoms with Gasteiger partial charge in [0.2, 0.25) is 0 Å². The summed E-state index contributed by atoms with van der Waals surface area (Å²) in [4.78, 5) is 38.7. The maximum absolute atomic E-state index is 12.7. The van der Waals surface area contributed by atoms with Gasteiger partial charge in [-0.1, -0.05) is 0 Å². The van der Waals surface area contributed by atoms with Gasteiger partial charge in [-0.3, -0.25) is 9.59 Å². The molecule has 0 atom stereocenters. The molecule has 2 aliphatic heterocycles. The number of nitrogens with one attached hydrogen (secondary N) is 1. The minimum atomic E-state index is -0.758. The molecule has 160 valence electrons. The number of hydrogen-bond acceptors (Lipinski definition) is 7. The molecular weight excluding hydrogens is 398 g/mol. The van der Waals surface area contributed by atoms with Crippen LogP contribution in [0.1, 0.15) is 36.5 Å². The minimum Gasteiger partial charge on any atom is -0.465 e. The highest BCUT2D eigenvalue weighted by Gasteiger charge is 2.27. The molecule has 2 aromatic rings. The van der Waals surface area contributed by atoms with E-state index in [4.69, 9.17) is 9.15 Å². The Morgan fingerprint density at radius 2 is 2.06 bits per heavy atom. The lowest BCUT2D eigenvalue weighted by atomic mass is 9.90. The number of ether oxygens (including phenoxy) is 1. The third kappa shape index (κ3) is 4.04. The van der Waals surface area contributed by atoms with Crippen molar-refractivity contribution in [3.05, 3.63) is 44.8 Å². The van der Waals surface area contributed by atoms with E-state index in [9.17, 15) is 19.6 Å². The molecule has 4 rings (SSSR count). The molecular formula is C23H23N3O5. The maximum atomic E-state index is 12.7. The van der Waals surface area contributed by atoms with Crippen molar-refractivity contribution < 1.29 is 18.7 Å². The van der Waals surface area contributed by atoms with Crippen LogP contribution in [0.25, 0.3) is 17.0 Å². The Hall–Kier alpha value is -3.60. The van der Waals surface area contributed by atoms with Crippen molar-refractivity contribution in [3.63, 3.8) is 0 Å². The number of esters is 1. The van der Waals surface area contributed by atoms with Gasteiger partial charge in [-0.2, -0.15) is 5.26 Å². The normalized spacial score (nSPS) is 15.2. The summed E-state index contributed by atoms with van der Waals surface area (Å²) in [6, 6.07) is 5.49. The van der Waals surface area contributed by atoms with Crippen molar-refractivity contribution in [1.29, 1.82) is 5.26 Å². The fourth-order valence-corrected chi connectivity index (χ4v) is 4.33. The van der Waals surface area contributed by atoms with Gasteiger partial charge >= 0.3 is 11.6 Å². The van der Waals surface area contributed by atoms with Crippen molar-refractivity contribution in [2.45, 2.75) is 32.6 Å². The van der Waals surface area contributed by atoms with Crippen LogP contribution in [0.4, 0.5) is 5.69 Å². The second kappa shape index (κ2) is 8.64. The Labute approximate surface area is 179 Å². The third-order valence-electron chi connectivity index (χ3n) is 5.61. The fourth-order valence-electron chi connectivity index (χ4n) is 4.33. The van der Waals surface area contributed by atoms with E-state index in [0.717, 1.165) is 49.7 Å². The van der Waals surface area contributed by atoms with Crippen LogP contribution >= 0.6 is 0 Å². The second-order valence-corrected chi connectivity index (χ2v) is 7.62. The number of hydrogen-bond donors (Lipinski definition) is 1. The van der Waals surface area contributed by atoms with Gasteiger partial charge in [-0.15, -0.1) is 0 Å². The molecule has 3 heterocycles. The number of carbonyl (C=O) groups excluding carboxylic acids is 2. The van der Waals surface area contributed by atoms with Crippen molar-refractivity contribution in [2.24, 2.45) is 0 Å². The van der Waals surface area contributed by atoms with Crippen LogP contribution in [-0.4, -0.2) is 38.1 Å². The quantitative estimate of drug-likeness (QED) is 0.340. The molecule has 1 amide bonds. The summed E-state index contributed by atoms with van der Waals surface area (Å²) in [6.07, 6.45) is 5.12. The van der Waals surface area contributed by atoms with Crippen LogP contribution < -0.4 is 15.8 Å². The predicted octanol–water partition coefficient (Wildman–Crippen LogP) is 2.08. The van der Waals surface area contributed by atoms with E-state index < -0.39 is 17.5 Å². The molecule has 1 N–H and O–H groups in total. The summed E-state index contributed by atoms with van der Waals surface area (Å²) in [5, 5.41) is 12.5. The highest BCUT2D eigenvalue weighted by Crippen LogP contribution is 2.39. The molecule has 2 aliphatic rings. The Bertz CT molecular complexity index is 1190. The summed E-state index contributed by atoms with van der Waals surface area (Å²) >= 11 is 0. The number of anilines is 1. The molecule has 8 nitrogen and oxygen atoms in total. The monoisotopic (exact) mass is 421 g/mol. The summed E-state index contributed by atoms with van der Waals surface area (Å²) in [6.45, 7) is 3.52. The lowest BCUT2D eigenvalue weighted by molar-refractivity contribution is -0.143. The number of nitriles is 1. The van der Waals surface area contributed by atoms with E-state index in [1.165, 1.54) is 17.3 Å². The van der Waals surface area contributed by atoms with Crippen LogP contribution in [0.5, 0.6) is 0 Å². The standard InChI is InChI=1S/C23H23N3O5/c1-2-30-19(27)13-25-22(28)17(12-24)11-16-10-15-9-14-5-3-7-26-8-4-6-18(20(14)26)21(15)31-23(16)29/h9-11H,2-8,13H2,1H3,(H,25,28)/b17-11+.